The molecule has 0 amide bonds. The fraction of sp³-hybridized carbons (Fsp3) is 0.571. The molecule has 2 nitrogen and oxygen atoms in total. The summed E-state index contributed by atoms with van der Waals surface area (Å²) >= 11 is 0. The van der Waals surface area contributed by atoms with Crippen molar-refractivity contribution in [2.75, 3.05) is 23.3 Å². The SMILES string of the molecule is Cc1cccc2c1NCC1CC(C)CCN21. The third kappa shape index (κ3) is 1.48. The van der Waals surface area contributed by atoms with Crippen LogP contribution < -0.4 is 10.2 Å². The van der Waals surface area contributed by atoms with Gasteiger partial charge in [0.2, 0.25) is 0 Å². The van der Waals surface area contributed by atoms with Crippen molar-refractivity contribution in [2.45, 2.75) is 32.7 Å². The lowest BCUT2D eigenvalue weighted by atomic mass is 9.90. The number of piperidine rings is 1. The molecule has 0 aliphatic carbocycles. The molecule has 1 fully saturated rings. The molecule has 2 heteroatoms. The van der Waals surface area contributed by atoms with Crippen LogP contribution in [-0.2, 0) is 0 Å². The second-order valence-electron chi connectivity index (χ2n) is 5.33. The molecule has 86 valence electrons. The van der Waals surface area contributed by atoms with Gasteiger partial charge in [0.15, 0.2) is 0 Å². The fourth-order valence-corrected chi connectivity index (χ4v) is 3.10. The van der Waals surface area contributed by atoms with Gasteiger partial charge in [-0.25, -0.2) is 0 Å². The van der Waals surface area contributed by atoms with Crippen molar-refractivity contribution < 1.29 is 0 Å². The van der Waals surface area contributed by atoms with Gasteiger partial charge in [-0.3, -0.25) is 0 Å². The summed E-state index contributed by atoms with van der Waals surface area (Å²) in [6.45, 7) is 6.91. The molecule has 2 atom stereocenters. The van der Waals surface area contributed by atoms with E-state index in [-0.39, 0.29) is 0 Å². The molecule has 0 radical (unpaired) electrons. The molecule has 0 spiro atoms. The summed E-state index contributed by atoms with van der Waals surface area (Å²) in [5.74, 6) is 0.884. The van der Waals surface area contributed by atoms with E-state index in [1.165, 1.54) is 36.3 Å². The number of hydrogen-bond acceptors (Lipinski definition) is 2. The number of anilines is 2. The lowest BCUT2D eigenvalue weighted by molar-refractivity contribution is 0.367. The zero-order chi connectivity index (χ0) is 11.1. The van der Waals surface area contributed by atoms with Gasteiger partial charge < -0.3 is 10.2 Å². The minimum Gasteiger partial charge on any atom is -0.381 e. The summed E-state index contributed by atoms with van der Waals surface area (Å²) in [5.41, 5.74) is 4.14. The van der Waals surface area contributed by atoms with Gasteiger partial charge in [0, 0.05) is 19.1 Å². The molecule has 1 aromatic rings. The second kappa shape index (κ2) is 3.69. The highest BCUT2D eigenvalue weighted by atomic mass is 15.2. The smallest absolute Gasteiger partial charge is 0.0608 e. The topological polar surface area (TPSA) is 15.3 Å². The number of hydrogen-bond donors (Lipinski definition) is 1. The van der Waals surface area contributed by atoms with Gasteiger partial charge in [0.25, 0.3) is 0 Å². The molecule has 2 aliphatic rings. The summed E-state index contributed by atoms with van der Waals surface area (Å²) in [5, 5.41) is 3.61. The van der Waals surface area contributed by atoms with Crippen molar-refractivity contribution in [2.24, 2.45) is 5.92 Å². The summed E-state index contributed by atoms with van der Waals surface area (Å²) in [6, 6.07) is 7.34. The molecule has 1 saturated heterocycles. The molecular weight excluding hydrogens is 196 g/mol. The van der Waals surface area contributed by atoms with E-state index in [1.54, 1.807) is 0 Å². The zero-order valence-electron chi connectivity index (χ0n) is 10.2. The predicted molar refractivity (Wildman–Crippen MR) is 69.2 cm³/mol. The first kappa shape index (κ1) is 10.0. The number of nitrogens with one attached hydrogen (secondary N) is 1. The summed E-state index contributed by atoms with van der Waals surface area (Å²) in [6.07, 6.45) is 2.67. The molecule has 3 rings (SSSR count). The first-order chi connectivity index (χ1) is 7.75. The number of fused-ring (bicyclic) bond motifs is 3. The summed E-state index contributed by atoms with van der Waals surface area (Å²) in [7, 11) is 0. The van der Waals surface area contributed by atoms with Crippen LogP contribution in [0.5, 0.6) is 0 Å². The monoisotopic (exact) mass is 216 g/mol. The Kier molecular flexibility index (Phi) is 2.31. The largest absolute Gasteiger partial charge is 0.381 e. The summed E-state index contributed by atoms with van der Waals surface area (Å²) in [4.78, 5) is 2.61. The van der Waals surface area contributed by atoms with Crippen LogP contribution in [0.3, 0.4) is 0 Å². The van der Waals surface area contributed by atoms with Crippen LogP contribution in [0, 0.1) is 12.8 Å². The van der Waals surface area contributed by atoms with Gasteiger partial charge in [0.05, 0.1) is 11.4 Å². The van der Waals surface area contributed by atoms with Crippen molar-refractivity contribution in [3.8, 4) is 0 Å². The molecule has 2 unspecified atom stereocenters. The van der Waals surface area contributed by atoms with Crippen molar-refractivity contribution >= 4 is 11.4 Å². The average Bonchev–Trinajstić information content (AvgIpc) is 2.28. The van der Waals surface area contributed by atoms with Crippen molar-refractivity contribution in [1.82, 2.24) is 0 Å². The van der Waals surface area contributed by atoms with E-state index < -0.39 is 0 Å². The molecular formula is C14H20N2. The number of aryl methyl sites for hydroxylation is 1. The first-order valence-electron chi connectivity index (χ1n) is 6.36. The number of benzene rings is 1. The molecule has 2 aliphatic heterocycles. The quantitative estimate of drug-likeness (QED) is 0.717. The van der Waals surface area contributed by atoms with Gasteiger partial charge in [-0.05, 0) is 37.3 Å². The maximum absolute atomic E-state index is 3.61. The number of nitrogens with zero attached hydrogens (tertiary/aromatic N) is 1. The Morgan fingerprint density at radius 2 is 2.25 bits per heavy atom. The van der Waals surface area contributed by atoms with Gasteiger partial charge in [-0.2, -0.15) is 0 Å². The maximum atomic E-state index is 3.61. The maximum Gasteiger partial charge on any atom is 0.0608 e. The molecule has 0 aromatic heterocycles. The van der Waals surface area contributed by atoms with Gasteiger partial charge >= 0.3 is 0 Å². The van der Waals surface area contributed by atoms with E-state index in [0.29, 0.717) is 6.04 Å². The Morgan fingerprint density at radius 1 is 1.38 bits per heavy atom. The van der Waals surface area contributed by atoms with Gasteiger partial charge in [0.1, 0.15) is 0 Å². The highest BCUT2D eigenvalue weighted by Gasteiger charge is 2.31. The fourth-order valence-electron chi connectivity index (χ4n) is 3.10. The third-order valence-electron chi connectivity index (χ3n) is 4.05. The van der Waals surface area contributed by atoms with Crippen LogP contribution in [0.4, 0.5) is 11.4 Å². The van der Waals surface area contributed by atoms with E-state index in [1.807, 2.05) is 0 Å². The average molecular weight is 216 g/mol. The van der Waals surface area contributed by atoms with Gasteiger partial charge in [-0.1, -0.05) is 19.1 Å². The van der Waals surface area contributed by atoms with Crippen LogP contribution >= 0.6 is 0 Å². The van der Waals surface area contributed by atoms with Crippen molar-refractivity contribution in [3.63, 3.8) is 0 Å². The zero-order valence-corrected chi connectivity index (χ0v) is 10.2. The van der Waals surface area contributed by atoms with E-state index in [0.717, 1.165) is 12.5 Å². The minimum absolute atomic E-state index is 0.707. The standard InChI is InChI=1S/C14H20N2/c1-10-6-7-16-12(8-10)9-15-14-11(2)4-3-5-13(14)16/h3-5,10,12,15H,6-9H2,1-2H3. The Morgan fingerprint density at radius 3 is 3.12 bits per heavy atom. The third-order valence-corrected chi connectivity index (χ3v) is 4.05. The molecule has 0 bridgehead atoms. The van der Waals surface area contributed by atoms with E-state index in [9.17, 15) is 0 Å². The van der Waals surface area contributed by atoms with Crippen LogP contribution in [0.2, 0.25) is 0 Å². The lowest BCUT2D eigenvalue weighted by Gasteiger charge is -2.44. The van der Waals surface area contributed by atoms with E-state index in [4.69, 9.17) is 0 Å². The first-order valence-corrected chi connectivity index (χ1v) is 6.36. The lowest BCUT2D eigenvalue weighted by Crippen LogP contribution is -2.49. The molecule has 16 heavy (non-hydrogen) atoms. The number of para-hydroxylation sites is 1. The highest BCUT2D eigenvalue weighted by Crippen LogP contribution is 2.38. The molecule has 2 heterocycles. The van der Waals surface area contributed by atoms with E-state index in [2.05, 4.69) is 42.3 Å². The van der Waals surface area contributed by atoms with Crippen molar-refractivity contribution in [3.05, 3.63) is 23.8 Å². The van der Waals surface area contributed by atoms with Gasteiger partial charge in [-0.15, -0.1) is 0 Å². The number of rotatable bonds is 0. The van der Waals surface area contributed by atoms with E-state index >= 15 is 0 Å². The molecule has 0 saturated carbocycles. The van der Waals surface area contributed by atoms with Crippen molar-refractivity contribution in [1.29, 1.82) is 0 Å². The molecule has 1 aromatic carbocycles. The Balaban J connectivity index is 1.97. The van der Waals surface area contributed by atoms with Crippen LogP contribution in [0.15, 0.2) is 18.2 Å². The Bertz CT molecular complexity index is 400. The predicted octanol–water partition coefficient (Wildman–Crippen LogP) is 3.03. The minimum atomic E-state index is 0.707. The van der Waals surface area contributed by atoms with Crippen LogP contribution in [0.1, 0.15) is 25.3 Å². The Hall–Kier alpha value is -1.18. The normalized spacial score (nSPS) is 28.0. The second-order valence-corrected chi connectivity index (χ2v) is 5.33. The van der Waals surface area contributed by atoms with Crippen LogP contribution in [0.25, 0.3) is 0 Å². The summed E-state index contributed by atoms with van der Waals surface area (Å²) < 4.78 is 0. The highest BCUT2D eigenvalue weighted by molar-refractivity contribution is 5.76. The Labute approximate surface area is 97.6 Å². The molecule has 1 N–H and O–H groups in total. The van der Waals surface area contributed by atoms with Crippen LogP contribution in [-0.4, -0.2) is 19.1 Å².